The van der Waals surface area contributed by atoms with E-state index in [1.165, 1.54) is 0 Å². The van der Waals surface area contributed by atoms with Crippen molar-refractivity contribution in [2.24, 2.45) is 0 Å². The molecule has 0 aliphatic rings. The minimum Gasteiger partial charge on any atom is -0.455 e. The van der Waals surface area contributed by atoms with Gasteiger partial charge in [0, 0.05) is 11.4 Å². The van der Waals surface area contributed by atoms with Crippen molar-refractivity contribution in [3.05, 3.63) is 58.1 Å². The Morgan fingerprint density at radius 2 is 1.71 bits per heavy atom. The summed E-state index contributed by atoms with van der Waals surface area (Å²) in [6.45, 7) is 8.56. The topological polar surface area (TPSA) is 9.23 Å². The first-order valence-electron chi connectivity index (χ1n) is 6.94. The number of hydrogen-bond acceptors (Lipinski definition) is 1. The SMILES string of the molecule is Cc1ccc(C(C)(C)C)c(Oc2ccc(CCl)cc2Cl)c1. The lowest BCUT2D eigenvalue weighted by atomic mass is 9.86. The van der Waals surface area contributed by atoms with Gasteiger partial charge in [0.05, 0.1) is 5.02 Å². The Balaban J connectivity index is 2.41. The summed E-state index contributed by atoms with van der Waals surface area (Å²) in [4.78, 5) is 0. The number of benzene rings is 2. The van der Waals surface area contributed by atoms with Gasteiger partial charge >= 0.3 is 0 Å². The molecule has 0 aliphatic heterocycles. The van der Waals surface area contributed by atoms with Crippen molar-refractivity contribution in [1.29, 1.82) is 0 Å². The minimum atomic E-state index is 0.00554. The number of hydrogen-bond donors (Lipinski definition) is 0. The molecule has 0 saturated carbocycles. The Hall–Kier alpha value is -1.18. The highest BCUT2D eigenvalue weighted by atomic mass is 35.5. The van der Waals surface area contributed by atoms with Crippen molar-refractivity contribution in [2.75, 3.05) is 0 Å². The van der Waals surface area contributed by atoms with Crippen LogP contribution in [0, 0.1) is 6.92 Å². The van der Waals surface area contributed by atoms with E-state index in [0.29, 0.717) is 16.7 Å². The van der Waals surface area contributed by atoms with Crippen LogP contribution in [-0.4, -0.2) is 0 Å². The average molecular weight is 323 g/mol. The monoisotopic (exact) mass is 322 g/mol. The number of rotatable bonds is 3. The van der Waals surface area contributed by atoms with Crippen LogP contribution >= 0.6 is 23.2 Å². The Morgan fingerprint density at radius 3 is 2.29 bits per heavy atom. The van der Waals surface area contributed by atoms with Crippen molar-refractivity contribution in [1.82, 2.24) is 0 Å². The second-order valence-corrected chi connectivity index (χ2v) is 6.92. The summed E-state index contributed by atoms with van der Waals surface area (Å²) in [6.07, 6.45) is 0. The third-order valence-corrected chi connectivity index (χ3v) is 3.92. The van der Waals surface area contributed by atoms with Crippen LogP contribution in [-0.2, 0) is 11.3 Å². The molecule has 1 nitrogen and oxygen atoms in total. The normalized spacial score (nSPS) is 11.5. The van der Waals surface area contributed by atoms with Gasteiger partial charge < -0.3 is 4.74 Å². The molecule has 0 aromatic heterocycles. The van der Waals surface area contributed by atoms with Crippen molar-refractivity contribution in [2.45, 2.75) is 39.0 Å². The average Bonchev–Trinajstić information content (AvgIpc) is 2.39. The van der Waals surface area contributed by atoms with Crippen LogP contribution < -0.4 is 4.74 Å². The quantitative estimate of drug-likeness (QED) is 0.588. The van der Waals surface area contributed by atoms with Crippen LogP contribution in [0.1, 0.15) is 37.5 Å². The van der Waals surface area contributed by atoms with Gasteiger partial charge in [-0.05, 0) is 41.7 Å². The largest absolute Gasteiger partial charge is 0.455 e. The lowest BCUT2D eigenvalue weighted by Gasteiger charge is -2.23. The molecule has 2 rings (SSSR count). The van der Waals surface area contributed by atoms with E-state index in [9.17, 15) is 0 Å². The summed E-state index contributed by atoms with van der Waals surface area (Å²) in [7, 11) is 0. The number of ether oxygens (including phenoxy) is 1. The Labute approximate surface area is 136 Å². The molecule has 112 valence electrons. The van der Waals surface area contributed by atoms with Crippen LogP contribution in [0.5, 0.6) is 11.5 Å². The molecule has 0 heterocycles. The zero-order chi connectivity index (χ0) is 15.6. The highest BCUT2D eigenvalue weighted by Crippen LogP contribution is 2.37. The first-order valence-corrected chi connectivity index (χ1v) is 7.86. The maximum Gasteiger partial charge on any atom is 0.146 e. The molecule has 0 N–H and O–H groups in total. The number of halogens is 2. The van der Waals surface area contributed by atoms with E-state index >= 15 is 0 Å². The second-order valence-electron chi connectivity index (χ2n) is 6.25. The lowest BCUT2D eigenvalue weighted by molar-refractivity contribution is 0.455. The fourth-order valence-electron chi connectivity index (χ4n) is 2.16. The van der Waals surface area contributed by atoms with E-state index < -0.39 is 0 Å². The Kier molecular flexibility index (Phi) is 4.85. The molecule has 0 spiro atoms. The van der Waals surface area contributed by atoms with Gasteiger partial charge in [0.1, 0.15) is 11.5 Å². The van der Waals surface area contributed by atoms with E-state index in [4.69, 9.17) is 27.9 Å². The van der Waals surface area contributed by atoms with E-state index in [-0.39, 0.29) is 5.41 Å². The summed E-state index contributed by atoms with van der Waals surface area (Å²) < 4.78 is 6.07. The highest BCUT2D eigenvalue weighted by molar-refractivity contribution is 6.32. The van der Waals surface area contributed by atoms with E-state index in [1.807, 2.05) is 24.3 Å². The molecule has 3 heteroatoms. The molecular formula is C18H20Cl2O. The maximum atomic E-state index is 6.28. The summed E-state index contributed by atoms with van der Waals surface area (Å²) in [6, 6.07) is 11.9. The van der Waals surface area contributed by atoms with Gasteiger partial charge in [-0.1, -0.05) is 50.6 Å². The van der Waals surface area contributed by atoms with Crippen molar-refractivity contribution < 1.29 is 4.74 Å². The van der Waals surface area contributed by atoms with Crippen molar-refractivity contribution in [3.8, 4) is 11.5 Å². The van der Waals surface area contributed by atoms with Gasteiger partial charge in [-0.3, -0.25) is 0 Å². The van der Waals surface area contributed by atoms with Crippen LogP contribution in [0.4, 0.5) is 0 Å². The Morgan fingerprint density at radius 1 is 1.00 bits per heavy atom. The predicted octanol–water partition coefficient (Wildman–Crippen LogP) is 6.48. The molecule has 2 aromatic carbocycles. The van der Waals surface area contributed by atoms with Gasteiger partial charge in [-0.2, -0.15) is 0 Å². The summed E-state index contributed by atoms with van der Waals surface area (Å²) >= 11 is 12.1. The fraction of sp³-hybridized carbons (Fsp3) is 0.333. The lowest BCUT2D eigenvalue weighted by Crippen LogP contribution is -2.12. The molecule has 0 radical (unpaired) electrons. The van der Waals surface area contributed by atoms with Gasteiger partial charge in [0.25, 0.3) is 0 Å². The van der Waals surface area contributed by atoms with E-state index in [2.05, 4.69) is 39.8 Å². The number of alkyl halides is 1. The molecule has 0 atom stereocenters. The molecule has 0 unspecified atom stereocenters. The molecular weight excluding hydrogens is 303 g/mol. The van der Waals surface area contributed by atoms with Gasteiger partial charge in [0.15, 0.2) is 0 Å². The molecule has 21 heavy (non-hydrogen) atoms. The minimum absolute atomic E-state index is 0.00554. The van der Waals surface area contributed by atoms with Crippen LogP contribution in [0.15, 0.2) is 36.4 Å². The van der Waals surface area contributed by atoms with Crippen molar-refractivity contribution in [3.63, 3.8) is 0 Å². The van der Waals surface area contributed by atoms with E-state index in [1.54, 1.807) is 0 Å². The molecule has 0 amide bonds. The van der Waals surface area contributed by atoms with Crippen LogP contribution in [0.2, 0.25) is 5.02 Å². The summed E-state index contributed by atoms with van der Waals surface area (Å²) in [5, 5.41) is 0.578. The van der Waals surface area contributed by atoms with Gasteiger partial charge in [-0.25, -0.2) is 0 Å². The van der Waals surface area contributed by atoms with Gasteiger partial charge in [0.2, 0.25) is 0 Å². The Bertz CT molecular complexity index is 642. The van der Waals surface area contributed by atoms with E-state index in [0.717, 1.165) is 22.4 Å². The zero-order valence-corrected chi connectivity index (χ0v) is 14.3. The third kappa shape index (κ3) is 3.93. The summed E-state index contributed by atoms with van der Waals surface area (Å²) in [5.41, 5.74) is 3.30. The smallest absolute Gasteiger partial charge is 0.146 e. The number of aryl methyl sites for hydroxylation is 1. The standard InChI is InChI=1S/C18H20Cl2O/c1-12-5-7-14(18(2,3)4)17(9-12)21-16-8-6-13(11-19)10-15(16)20/h5-10H,11H2,1-4H3. The maximum absolute atomic E-state index is 6.28. The zero-order valence-electron chi connectivity index (χ0n) is 12.8. The predicted molar refractivity (Wildman–Crippen MR) is 91.0 cm³/mol. The first kappa shape index (κ1) is 16.2. The second kappa shape index (κ2) is 6.29. The summed E-state index contributed by atoms with van der Waals surface area (Å²) in [5.74, 6) is 1.95. The van der Waals surface area contributed by atoms with Crippen molar-refractivity contribution >= 4 is 23.2 Å². The third-order valence-electron chi connectivity index (χ3n) is 3.32. The van der Waals surface area contributed by atoms with Gasteiger partial charge in [-0.15, -0.1) is 11.6 Å². The molecule has 2 aromatic rings. The first-order chi connectivity index (χ1) is 9.81. The fourth-order valence-corrected chi connectivity index (χ4v) is 2.57. The highest BCUT2D eigenvalue weighted by Gasteiger charge is 2.20. The van der Waals surface area contributed by atoms with Crippen LogP contribution in [0.25, 0.3) is 0 Å². The molecule has 0 aliphatic carbocycles. The molecule has 0 fully saturated rings. The molecule has 0 saturated heterocycles. The van der Waals surface area contributed by atoms with Crippen LogP contribution in [0.3, 0.4) is 0 Å². The molecule has 0 bridgehead atoms.